The second kappa shape index (κ2) is 2.69. The highest BCUT2D eigenvalue weighted by molar-refractivity contribution is 5.05. The van der Waals surface area contributed by atoms with Gasteiger partial charge in [0.2, 0.25) is 0 Å². The Hall–Kier alpha value is -0.120. The van der Waals surface area contributed by atoms with Gasteiger partial charge in [0.15, 0.2) is 0 Å². The van der Waals surface area contributed by atoms with Crippen molar-refractivity contribution in [2.45, 2.75) is 57.7 Å². The zero-order valence-electron chi connectivity index (χ0n) is 8.46. The molecule has 2 atom stereocenters. The lowest BCUT2D eigenvalue weighted by Crippen LogP contribution is -2.51. The molecule has 12 heavy (non-hydrogen) atoms. The van der Waals surface area contributed by atoms with Crippen LogP contribution in [0.25, 0.3) is 0 Å². The molecule has 1 fully saturated rings. The van der Waals surface area contributed by atoms with Gasteiger partial charge in [0.05, 0.1) is 5.54 Å². The molecule has 2 unspecified atom stereocenters. The van der Waals surface area contributed by atoms with Crippen LogP contribution in [0.4, 0.5) is 0 Å². The normalized spacial score (nSPS) is 42.0. The summed E-state index contributed by atoms with van der Waals surface area (Å²) in [7, 11) is 0. The fraction of sp³-hybridized carbons (Fsp3) is 1.00. The second-order valence-corrected chi connectivity index (χ2v) is 4.63. The Labute approximate surface area is 74.5 Å². The number of hydroxylamine groups is 2. The Morgan fingerprint density at radius 1 is 1.50 bits per heavy atom. The summed E-state index contributed by atoms with van der Waals surface area (Å²) in [5.74, 6) is 0. The van der Waals surface area contributed by atoms with E-state index in [1.54, 1.807) is 0 Å². The van der Waals surface area contributed by atoms with E-state index in [1.807, 2.05) is 13.8 Å². The van der Waals surface area contributed by atoms with E-state index in [9.17, 15) is 5.21 Å². The molecular weight excluding hydrogens is 152 g/mol. The Balaban J connectivity index is 2.90. The first kappa shape index (κ1) is 9.96. The van der Waals surface area contributed by atoms with Crippen LogP contribution >= 0.6 is 0 Å². The van der Waals surface area contributed by atoms with Gasteiger partial charge in [-0.15, -0.1) is 0 Å². The highest BCUT2D eigenvalue weighted by atomic mass is 16.5. The summed E-state index contributed by atoms with van der Waals surface area (Å²) in [6.45, 7) is 8.11. The Morgan fingerprint density at radius 2 is 2.00 bits per heavy atom. The molecule has 0 bridgehead atoms. The maximum absolute atomic E-state index is 9.90. The average molecular weight is 172 g/mol. The van der Waals surface area contributed by atoms with Gasteiger partial charge in [-0.3, -0.25) is 0 Å². The Kier molecular flexibility index (Phi) is 2.23. The topological polar surface area (TPSA) is 49.5 Å². The molecule has 0 saturated carbocycles. The first-order valence-corrected chi connectivity index (χ1v) is 4.59. The van der Waals surface area contributed by atoms with E-state index in [2.05, 4.69) is 13.8 Å². The van der Waals surface area contributed by atoms with Crippen molar-refractivity contribution in [3.8, 4) is 0 Å². The molecule has 0 aromatic carbocycles. The van der Waals surface area contributed by atoms with Gasteiger partial charge in [-0.1, -0.05) is 6.92 Å². The lowest BCUT2D eigenvalue weighted by atomic mass is 9.93. The van der Waals surface area contributed by atoms with Crippen LogP contribution in [0.1, 0.15) is 40.5 Å². The molecule has 0 aromatic heterocycles. The quantitative estimate of drug-likeness (QED) is 0.628. The van der Waals surface area contributed by atoms with Crippen molar-refractivity contribution < 1.29 is 5.21 Å². The van der Waals surface area contributed by atoms with Gasteiger partial charge in [0.25, 0.3) is 0 Å². The predicted molar refractivity (Wildman–Crippen MR) is 49.0 cm³/mol. The maximum atomic E-state index is 9.90. The zero-order valence-corrected chi connectivity index (χ0v) is 8.46. The zero-order chi connectivity index (χ0) is 9.57. The molecule has 1 saturated heterocycles. The smallest absolute Gasteiger partial charge is 0.0561 e. The van der Waals surface area contributed by atoms with Crippen molar-refractivity contribution in [2.24, 2.45) is 5.73 Å². The standard InChI is InChI=1S/C9H20N2O/c1-5-9(4)6-7(10)8(2,3)11(9)12/h7,12H,5-6,10H2,1-4H3. The van der Waals surface area contributed by atoms with Gasteiger partial charge in [0.1, 0.15) is 0 Å². The van der Waals surface area contributed by atoms with Crippen LogP contribution in [0.2, 0.25) is 0 Å². The van der Waals surface area contributed by atoms with Crippen LogP contribution in [0.3, 0.4) is 0 Å². The predicted octanol–water partition coefficient (Wildman–Crippen LogP) is 1.36. The highest BCUT2D eigenvalue weighted by Crippen LogP contribution is 2.39. The van der Waals surface area contributed by atoms with Crippen molar-refractivity contribution in [1.29, 1.82) is 0 Å². The van der Waals surface area contributed by atoms with E-state index in [0.29, 0.717) is 0 Å². The van der Waals surface area contributed by atoms with Crippen LogP contribution in [0, 0.1) is 0 Å². The van der Waals surface area contributed by atoms with E-state index >= 15 is 0 Å². The molecule has 0 spiro atoms. The van der Waals surface area contributed by atoms with Gasteiger partial charge < -0.3 is 10.9 Å². The summed E-state index contributed by atoms with van der Waals surface area (Å²) in [6, 6.07) is 0.0625. The summed E-state index contributed by atoms with van der Waals surface area (Å²) >= 11 is 0. The molecule has 0 radical (unpaired) electrons. The lowest BCUT2D eigenvalue weighted by Gasteiger charge is -2.36. The van der Waals surface area contributed by atoms with E-state index in [0.717, 1.165) is 12.8 Å². The number of rotatable bonds is 1. The van der Waals surface area contributed by atoms with Crippen molar-refractivity contribution in [1.82, 2.24) is 5.06 Å². The molecule has 0 amide bonds. The SMILES string of the molecule is CCC1(C)CC(N)C(C)(C)N1O. The van der Waals surface area contributed by atoms with Crippen molar-refractivity contribution in [2.75, 3.05) is 0 Å². The molecule has 1 aliphatic rings. The number of hydrogen-bond acceptors (Lipinski definition) is 3. The molecule has 1 aliphatic heterocycles. The van der Waals surface area contributed by atoms with E-state index < -0.39 is 0 Å². The Morgan fingerprint density at radius 3 is 2.17 bits per heavy atom. The van der Waals surface area contributed by atoms with Gasteiger partial charge in [-0.25, -0.2) is 0 Å². The highest BCUT2D eigenvalue weighted by Gasteiger charge is 2.51. The minimum atomic E-state index is -0.287. The van der Waals surface area contributed by atoms with Gasteiger partial charge in [-0.2, -0.15) is 5.06 Å². The number of nitrogens with zero attached hydrogens (tertiary/aromatic N) is 1. The maximum Gasteiger partial charge on any atom is 0.0561 e. The molecule has 0 aromatic rings. The summed E-state index contributed by atoms with van der Waals surface area (Å²) in [6.07, 6.45) is 1.80. The van der Waals surface area contributed by atoms with Gasteiger partial charge in [0, 0.05) is 11.6 Å². The molecule has 1 heterocycles. The summed E-state index contributed by atoms with van der Waals surface area (Å²) in [5, 5.41) is 11.3. The van der Waals surface area contributed by atoms with Crippen LogP contribution in [-0.4, -0.2) is 27.4 Å². The largest absolute Gasteiger partial charge is 0.326 e. The lowest BCUT2D eigenvalue weighted by molar-refractivity contribution is -0.199. The third-order valence-electron chi connectivity index (χ3n) is 3.39. The molecule has 72 valence electrons. The fourth-order valence-electron chi connectivity index (χ4n) is 1.96. The van der Waals surface area contributed by atoms with Crippen molar-refractivity contribution in [3.05, 3.63) is 0 Å². The van der Waals surface area contributed by atoms with Crippen molar-refractivity contribution >= 4 is 0 Å². The average Bonchev–Trinajstić information content (AvgIpc) is 2.14. The van der Waals surface area contributed by atoms with Crippen LogP contribution in [0.5, 0.6) is 0 Å². The van der Waals surface area contributed by atoms with Crippen molar-refractivity contribution in [3.63, 3.8) is 0 Å². The summed E-state index contributed by atoms with van der Waals surface area (Å²) < 4.78 is 0. The molecular formula is C9H20N2O. The minimum Gasteiger partial charge on any atom is -0.326 e. The minimum absolute atomic E-state index is 0.0625. The molecule has 3 heteroatoms. The number of hydrogen-bond donors (Lipinski definition) is 2. The monoisotopic (exact) mass is 172 g/mol. The van der Waals surface area contributed by atoms with Crippen LogP contribution in [0.15, 0.2) is 0 Å². The molecule has 1 rings (SSSR count). The van der Waals surface area contributed by atoms with Crippen LogP contribution in [-0.2, 0) is 0 Å². The first-order valence-electron chi connectivity index (χ1n) is 4.59. The van der Waals surface area contributed by atoms with E-state index in [-0.39, 0.29) is 17.1 Å². The van der Waals surface area contributed by atoms with E-state index in [1.165, 1.54) is 5.06 Å². The van der Waals surface area contributed by atoms with Gasteiger partial charge in [-0.05, 0) is 33.6 Å². The van der Waals surface area contributed by atoms with Crippen LogP contribution < -0.4 is 5.73 Å². The first-order chi connectivity index (χ1) is 5.34. The van der Waals surface area contributed by atoms with Gasteiger partial charge >= 0.3 is 0 Å². The third-order valence-corrected chi connectivity index (χ3v) is 3.39. The van der Waals surface area contributed by atoms with E-state index in [4.69, 9.17) is 5.73 Å². The Bertz CT molecular complexity index is 181. The molecule has 3 N–H and O–H groups in total. The second-order valence-electron chi connectivity index (χ2n) is 4.63. The summed E-state index contributed by atoms with van der Waals surface area (Å²) in [4.78, 5) is 0. The fourth-order valence-corrected chi connectivity index (χ4v) is 1.96. The number of nitrogens with two attached hydrogens (primary N) is 1. The third kappa shape index (κ3) is 1.16. The molecule has 3 nitrogen and oxygen atoms in total. The summed E-state index contributed by atoms with van der Waals surface area (Å²) in [5.41, 5.74) is 5.53. The molecule has 0 aliphatic carbocycles.